The minimum Gasteiger partial charge on any atom is -0.383 e. The van der Waals surface area contributed by atoms with Gasteiger partial charge in [-0.25, -0.2) is 4.99 Å². The van der Waals surface area contributed by atoms with Crippen LogP contribution in [0.4, 0.5) is 0 Å². The predicted molar refractivity (Wildman–Crippen MR) is 89.0 cm³/mol. The number of thiophene rings is 1. The molecule has 1 aromatic rings. The largest absolute Gasteiger partial charge is 0.383 e. The van der Waals surface area contributed by atoms with E-state index in [4.69, 9.17) is 4.74 Å². The summed E-state index contributed by atoms with van der Waals surface area (Å²) in [6.07, 6.45) is 0. The molecule has 0 radical (unpaired) electrons. The van der Waals surface area contributed by atoms with Crippen molar-refractivity contribution in [2.75, 3.05) is 20.3 Å². The number of nitrogens with zero attached hydrogens (tertiary/aromatic N) is 1. The summed E-state index contributed by atoms with van der Waals surface area (Å²) in [5.74, 6) is 0.838. The van der Waals surface area contributed by atoms with E-state index >= 15 is 0 Å². The Hall–Kier alpha value is -0.340. The first kappa shape index (κ1) is 17.7. The number of ether oxygens (including phenoxy) is 1. The number of aliphatic imine (C=N–C) groups is 1. The fourth-order valence-corrected chi connectivity index (χ4v) is 2.03. The fourth-order valence-electron chi connectivity index (χ4n) is 1.40. The van der Waals surface area contributed by atoms with Gasteiger partial charge >= 0.3 is 0 Å². The normalized spacial score (nSPS) is 12.7. The lowest BCUT2D eigenvalue weighted by atomic mass is 10.4. The molecule has 0 aromatic carbocycles. The lowest BCUT2D eigenvalue weighted by molar-refractivity contribution is 0.179. The third kappa shape index (κ3) is 7.17. The van der Waals surface area contributed by atoms with Crippen molar-refractivity contribution in [1.29, 1.82) is 0 Å². The Morgan fingerprint density at radius 1 is 1.56 bits per heavy atom. The van der Waals surface area contributed by atoms with Crippen molar-refractivity contribution in [1.82, 2.24) is 10.6 Å². The number of hydrogen-bond acceptors (Lipinski definition) is 3. The van der Waals surface area contributed by atoms with Crippen LogP contribution >= 0.6 is 35.3 Å². The minimum absolute atomic E-state index is 0. The van der Waals surface area contributed by atoms with Gasteiger partial charge in [-0.15, -0.1) is 35.3 Å². The lowest BCUT2D eigenvalue weighted by Crippen LogP contribution is -2.43. The number of hydrogen-bond donors (Lipinski definition) is 2. The van der Waals surface area contributed by atoms with Crippen molar-refractivity contribution in [2.45, 2.75) is 26.4 Å². The Balaban J connectivity index is 0.00000289. The molecule has 104 valence electrons. The highest BCUT2D eigenvalue weighted by Gasteiger charge is 2.04. The van der Waals surface area contributed by atoms with Gasteiger partial charge in [-0.3, -0.25) is 0 Å². The van der Waals surface area contributed by atoms with Crippen LogP contribution in [0.25, 0.3) is 0 Å². The summed E-state index contributed by atoms with van der Waals surface area (Å²) >= 11 is 1.72. The zero-order valence-electron chi connectivity index (χ0n) is 11.1. The molecule has 6 heteroatoms. The number of halogens is 1. The van der Waals surface area contributed by atoms with E-state index in [1.807, 2.05) is 6.07 Å². The van der Waals surface area contributed by atoms with Crippen molar-refractivity contribution in [3.05, 3.63) is 22.4 Å². The van der Waals surface area contributed by atoms with Gasteiger partial charge in [0.2, 0.25) is 0 Å². The molecule has 1 heterocycles. The molecule has 1 atom stereocenters. The quantitative estimate of drug-likeness (QED) is 0.451. The van der Waals surface area contributed by atoms with Gasteiger partial charge < -0.3 is 15.4 Å². The van der Waals surface area contributed by atoms with E-state index in [-0.39, 0.29) is 30.0 Å². The Bertz CT molecular complexity index is 330. The van der Waals surface area contributed by atoms with E-state index in [1.54, 1.807) is 18.4 Å². The summed E-state index contributed by atoms with van der Waals surface area (Å²) in [7, 11) is 1.70. The number of methoxy groups -OCH3 is 1. The highest BCUT2D eigenvalue weighted by atomic mass is 127. The first-order chi connectivity index (χ1) is 8.26. The maximum Gasteiger partial charge on any atom is 0.191 e. The molecular formula is C12H22IN3OS. The van der Waals surface area contributed by atoms with Gasteiger partial charge in [0.25, 0.3) is 0 Å². The van der Waals surface area contributed by atoms with Gasteiger partial charge in [-0.2, -0.15) is 0 Å². The molecule has 0 saturated carbocycles. The van der Waals surface area contributed by atoms with Crippen LogP contribution < -0.4 is 10.6 Å². The summed E-state index contributed by atoms with van der Waals surface area (Å²) in [6.45, 7) is 6.37. The molecule has 4 nitrogen and oxygen atoms in total. The molecule has 0 saturated heterocycles. The van der Waals surface area contributed by atoms with Gasteiger partial charge in [0, 0.05) is 24.6 Å². The standard InChI is InChI=1S/C12H21N3OS.HI/c1-4-13-12(15-10(2)9-16-3)14-8-11-6-5-7-17-11;/h5-7,10H,4,8-9H2,1-3H3,(H2,13,14,15);1H. The summed E-state index contributed by atoms with van der Waals surface area (Å²) in [6, 6.07) is 4.39. The molecule has 0 spiro atoms. The first-order valence-electron chi connectivity index (χ1n) is 5.82. The third-order valence-corrected chi connectivity index (χ3v) is 2.98. The van der Waals surface area contributed by atoms with Crippen LogP contribution in [-0.2, 0) is 11.3 Å². The second-order valence-electron chi connectivity index (χ2n) is 3.78. The van der Waals surface area contributed by atoms with Gasteiger partial charge in [0.1, 0.15) is 0 Å². The van der Waals surface area contributed by atoms with Gasteiger partial charge in [-0.05, 0) is 25.3 Å². The third-order valence-electron chi connectivity index (χ3n) is 2.12. The van der Waals surface area contributed by atoms with E-state index in [9.17, 15) is 0 Å². The van der Waals surface area contributed by atoms with E-state index in [0.29, 0.717) is 13.2 Å². The monoisotopic (exact) mass is 383 g/mol. The molecule has 0 bridgehead atoms. The van der Waals surface area contributed by atoms with E-state index < -0.39 is 0 Å². The first-order valence-corrected chi connectivity index (χ1v) is 6.70. The van der Waals surface area contributed by atoms with Gasteiger partial charge in [0.15, 0.2) is 5.96 Å². The minimum atomic E-state index is 0. The molecule has 0 aliphatic heterocycles. The molecular weight excluding hydrogens is 361 g/mol. The molecule has 1 aromatic heterocycles. The van der Waals surface area contributed by atoms with Crippen molar-refractivity contribution in [2.24, 2.45) is 4.99 Å². The Kier molecular flexibility index (Phi) is 10.4. The molecule has 1 unspecified atom stereocenters. The van der Waals surface area contributed by atoms with Crippen molar-refractivity contribution < 1.29 is 4.74 Å². The molecule has 0 amide bonds. The number of guanidine groups is 1. The van der Waals surface area contributed by atoms with Crippen molar-refractivity contribution in [3.63, 3.8) is 0 Å². The van der Waals surface area contributed by atoms with Crippen LogP contribution in [0.5, 0.6) is 0 Å². The summed E-state index contributed by atoms with van der Waals surface area (Å²) in [5.41, 5.74) is 0. The molecule has 0 fully saturated rings. The zero-order valence-corrected chi connectivity index (χ0v) is 14.2. The van der Waals surface area contributed by atoms with E-state index in [1.165, 1.54) is 4.88 Å². The molecule has 2 N–H and O–H groups in total. The average Bonchev–Trinajstić information content (AvgIpc) is 2.79. The highest BCUT2D eigenvalue weighted by molar-refractivity contribution is 14.0. The van der Waals surface area contributed by atoms with Crippen LogP contribution in [0, 0.1) is 0 Å². The smallest absolute Gasteiger partial charge is 0.191 e. The molecule has 0 aliphatic carbocycles. The average molecular weight is 383 g/mol. The second kappa shape index (κ2) is 10.6. The van der Waals surface area contributed by atoms with Gasteiger partial charge in [-0.1, -0.05) is 6.07 Å². The fraction of sp³-hybridized carbons (Fsp3) is 0.583. The Morgan fingerprint density at radius 2 is 2.33 bits per heavy atom. The Morgan fingerprint density at radius 3 is 2.89 bits per heavy atom. The topological polar surface area (TPSA) is 45.7 Å². The van der Waals surface area contributed by atoms with E-state index in [2.05, 4.69) is 40.9 Å². The summed E-state index contributed by atoms with van der Waals surface area (Å²) < 4.78 is 5.09. The SMILES string of the molecule is CCNC(=NCc1cccs1)NC(C)COC.I. The highest BCUT2D eigenvalue weighted by Crippen LogP contribution is 2.09. The van der Waals surface area contributed by atoms with Crippen LogP contribution in [0.3, 0.4) is 0 Å². The van der Waals surface area contributed by atoms with Crippen LogP contribution in [-0.4, -0.2) is 32.3 Å². The maximum atomic E-state index is 5.09. The van der Waals surface area contributed by atoms with Crippen molar-refractivity contribution >= 4 is 41.3 Å². The second-order valence-corrected chi connectivity index (χ2v) is 4.81. The summed E-state index contributed by atoms with van der Waals surface area (Å²) in [4.78, 5) is 5.79. The molecule has 18 heavy (non-hydrogen) atoms. The van der Waals surface area contributed by atoms with Crippen LogP contribution in [0.15, 0.2) is 22.5 Å². The van der Waals surface area contributed by atoms with Crippen molar-refractivity contribution in [3.8, 4) is 0 Å². The maximum absolute atomic E-state index is 5.09. The predicted octanol–water partition coefficient (Wildman–Crippen LogP) is 2.46. The van der Waals surface area contributed by atoms with Crippen LogP contribution in [0.2, 0.25) is 0 Å². The van der Waals surface area contributed by atoms with Gasteiger partial charge in [0.05, 0.1) is 13.2 Å². The van der Waals surface area contributed by atoms with E-state index in [0.717, 1.165) is 12.5 Å². The molecule has 1 rings (SSSR count). The molecule has 0 aliphatic rings. The Labute approximate surface area is 130 Å². The summed E-state index contributed by atoms with van der Waals surface area (Å²) in [5, 5.41) is 8.59. The number of rotatable bonds is 6. The lowest BCUT2D eigenvalue weighted by Gasteiger charge is -2.16. The van der Waals surface area contributed by atoms with Crippen LogP contribution in [0.1, 0.15) is 18.7 Å². The zero-order chi connectivity index (χ0) is 12.5. The number of nitrogens with one attached hydrogen (secondary N) is 2.